The quantitative estimate of drug-likeness (QED) is 0.304. The summed E-state index contributed by atoms with van der Waals surface area (Å²) in [5.41, 5.74) is 0. The van der Waals surface area contributed by atoms with Crippen LogP contribution in [0.5, 0.6) is 5.75 Å². The Balaban J connectivity index is 3.03. The first-order valence-electron chi connectivity index (χ1n) is 7.55. The molecule has 0 aliphatic heterocycles. The number of methoxy groups -OCH3 is 2. The van der Waals surface area contributed by atoms with Crippen molar-refractivity contribution in [3.8, 4) is 5.75 Å². The van der Waals surface area contributed by atoms with E-state index < -0.39 is 11.9 Å². The van der Waals surface area contributed by atoms with Crippen molar-refractivity contribution in [2.75, 3.05) is 14.2 Å². The van der Waals surface area contributed by atoms with E-state index in [-0.39, 0.29) is 0 Å². The van der Waals surface area contributed by atoms with E-state index in [2.05, 4.69) is 9.47 Å². The molecule has 1 aromatic rings. The molecule has 1 aromatic carbocycles. The van der Waals surface area contributed by atoms with Gasteiger partial charge in [0.25, 0.3) is 0 Å². The van der Waals surface area contributed by atoms with Gasteiger partial charge in [0, 0.05) is 12.5 Å². The van der Waals surface area contributed by atoms with Crippen LogP contribution >= 0.6 is 11.8 Å². The lowest BCUT2D eigenvalue weighted by Crippen LogP contribution is -2.02. The summed E-state index contributed by atoms with van der Waals surface area (Å²) in [4.78, 5) is 24.5. The zero-order valence-corrected chi connectivity index (χ0v) is 15.1. The van der Waals surface area contributed by atoms with Crippen molar-refractivity contribution in [3.63, 3.8) is 0 Å². The van der Waals surface area contributed by atoms with Gasteiger partial charge in [-0.25, -0.2) is 9.59 Å². The molecule has 0 aromatic heterocycles. The maximum absolute atomic E-state index is 11.4. The van der Waals surface area contributed by atoms with E-state index in [4.69, 9.17) is 4.74 Å². The van der Waals surface area contributed by atoms with Gasteiger partial charge in [-0.1, -0.05) is 37.7 Å². The minimum atomic E-state index is -0.461. The van der Waals surface area contributed by atoms with Gasteiger partial charge in [-0.3, -0.25) is 0 Å². The average Bonchev–Trinajstić information content (AvgIpc) is 2.61. The molecule has 0 saturated carbocycles. The van der Waals surface area contributed by atoms with Crippen molar-refractivity contribution < 1.29 is 23.8 Å². The predicted octanol–water partition coefficient (Wildman–Crippen LogP) is 4.09. The molecule has 24 heavy (non-hydrogen) atoms. The molecule has 5 nitrogen and oxygen atoms in total. The Morgan fingerprint density at radius 1 is 1.00 bits per heavy atom. The molecule has 0 heterocycles. The maximum Gasteiger partial charge on any atom is 0.333 e. The molecule has 0 N–H and O–H groups in total. The van der Waals surface area contributed by atoms with Crippen LogP contribution in [0.15, 0.2) is 52.0 Å². The van der Waals surface area contributed by atoms with Crippen LogP contribution in [0.3, 0.4) is 0 Å². The Labute approximate surface area is 146 Å². The highest BCUT2D eigenvalue weighted by Crippen LogP contribution is 2.36. The SMILES string of the molecule is CC/C(=C/C(=O)OC)Oc1ccccc1S/C(=C\C(=O)OC)CC. The van der Waals surface area contributed by atoms with Gasteiger partial charge in [0.15, 0.2) is 0 Å². The second-order valence-corrected chi connectivity index (χ2v) is 5.79. The summed E-state index contributed by atoms with van der Waals surface area (Å²) in [5.74, 6) is 0.267. The molecule has 0 fully saturated rings. The van der Waals surface area contributed by atoms with Crippen molar-refractivity contribution in [2.24, 2.45) is 0 Å². The van der Waals surface area contributed by atoms with E-state index in [1.807, 2.05) is 38.1 Å². The van der Waals surface area contributed by atoms with Crippen molar-refractivity contribution in [1.29, 1.82) is 0 Å². The lowest BCUT2D eigenvalue weighted by Gasteiger charge is -2.13. The second-order valence-electron chi connectivity index (χ2n) is 4.63. The monoisotopic (exact) mass is 350 g/mol. The number of para-hydroxylation sites is 1. The topological polar surface area (TPSA) is 61.8 Å². The highest BCUT2D eigenvalue weighted by Gasteiger charge is 2.10. The molecule has 0 saturated heterocycles. The Morgan fingerprint density at radius 2 is 1.62 bits per heavy atom. The molecular formula is C18H22O5S. The van der Waals surface area contributed by atoms with Gasteiger partial charge < -0.3 is 14.2 Å². The van der Waals surface area contributed by atoms with E-state index in [0.29, 0.717) is 24.4 Å². The summed E-state index contributed by atoms with van der Waals surface area (Å²) < 4.78 is 15.1. The van der Waals surface area contributed by atoms with Crippen molar-refractivity contribution >= 4 is 23.7 Å². The van der Waals surface area contributed by atoms with Gasteiger partial charge in [0.2, 0.25) is 0 Å². The molecule has 0 unspecified atom stereocenters. The van der Waals surface area contributed by atoms with Crippen LogP contribution in [0.1, 0.15) is 26.7 Å². The van der Waals surface area contributed by atoms with Crippen LogP contribution in [-0.4, -0.2) is 26.2 Å². The van der Waals surface area contributed by atoms with Crippen LogP contribution in [0.25, 0.3) is 0 Å². The number of rotatable bonds is 8. The first-order valence-corrected chi connectivity index (χ1v) is 8.37. The third-order valence-electron chi connectivity index (χ3n) is 2.99. The number of hydrogen-bond donors (Lipinski definition) is 0. The fraction of sp³-hybridized carbons (Fsp3) is 0.333. The van der Waals surface area contributed by atoms with Crippen molar-refractivity contribution in [1.82, 2.24) is 0 Å². The van der Waals surface area contributed by atoms with Crippen LogP contribution < -0.4 is 4.74 Å². The first-order chi connectivity index (χ1) is 11.5. The molecule has 0 radical (unpaired) electrons. The van der Waals surface area contributed by atoms with E-state index in [1.54, 1.807) is 0 Å². The lowest BCUT2D eigenvalue weighted by molar-refractivity contribution is -0.135. The van der Waals surface area contributed by atoms with Crippen molar-refractivity contribution in [3.05, 3.63) is 47.1 Å². The summed E-state index contributed by atoms with van der Waals surface area (Å²) in [5, 5.41) is 0. The zero-order valence-electron chi connectivity index (χ0n) is 14.3. The third kappa shape index (κ3) is 6.50. The van der Waals surface area contributed by atoms with Gasteiger partial charge in [-0.05, 0) is 23.5 Å². The predicted molar refractivity (Wildman–Crippen MR) is 93.7 cm³/mol. The van der Waals surface area contributed by atoms with Crippen LogP contribution in [0.4, 0.5) is 0 Å². The van der Waals surface area contributed by atoms with Crippen molar-refractivity contribution in [2.45, 2.75) is 31.6 Å². The number of carbonyl (C=O) groups is 2. The summed E-state index contributed by atoms with van der Waals surface area (Å²) in [6, 6.07) is 7.44. The fourth-order valence-electron chi connectivity index (χ4n) is 1.69. The van der Waals surface area contributed by atoms with E-state index in [0.717, 1.165) is 9.80 Å². The molecule has 6 heteroatoms. The van der Waals surface area contributed by atoms with E-state index in [1.165, 1.54) is 38.1 Å². The highest BCUT2D eigenvalue weighted by molar-refractivity contribution is 8.03. The van der Waals surface area contributed by atoms with Gasteiger partial charge in [-0.2, -0.15) is 0 Å². The number of hydrogen-bond acceptors (Lipinski definition) is 6. The smallest absolute Gasteiger partial charge is 0.333 e. The Kier molecular flexibility index (Phi) is 8.71. The Bertz CT molecular complexity index is 579. The van der Waals surface area contributed by atoms with Crippen LogP contribution in [-0.2, 0) is 19.1 Å². The number of benzene rings is 1. The number of carbonyl (C=O) groups excluding carboxylic acids is 2. The van der Waals surface area contributed by atoms with Gasteiger partial charge in [0.1, 0.15) is 11.5 Å². The zero-order chi connectivity index (χ0) is 17.9. The number of ether oxygens (including phenoxy) is 3. The summed E-state index contributed by atoms with van der Waals surface area (Å²) in [6.07, 6.45) is 4.03. The molecule has 0 aliphatic rings. The minimum absolute atomic E-state index is 0.391. The Morgan fingerprint density at radius 3 is 2.21 bits per heavy atom. The molecule has 130 valence electrons. The highest BCUT2D eigenvalue weighted by atomic mass is 32.2. The van der Waals surface area contributed by atoms with Crippen LogP contribution in [0.2, 0.25) is 0 Å². The average molecular weight is 350 g/mol. The van der Waals surface area contributed by atoms with Gasteiger partial charge >= 0.3 is 11.9 Å². The molecule has 0 atom stereocenters. The van der Waals surface area contributed by atoms with Gasteiger partial charge in [0.05, 0.1) is 25.2 Å². The third-order valence-corrected chi connectivity index (χ3v) is 4.21. The normalized spacial score (nSPS) is 11.8. The summed E-state index contributed by atoms with van der Waals surface area (Å²) in [7, 11) is 2.67. The number of esters is 2. The number of thioether (sulfide) groups is 1. The lowest BCUT2D eigenvalue weighted by atomic mass is 10.3. The maximum atomic E-state index is 11.4. The largest absolute Gasteiger partial charge is 0.466 e. The van der Waals surface area contributed by atoms with Gasteiger partial charge in [-0.15, -0.1) is 0 Å². The second kappa shape index (κ2) is 10.5. The minimum Gasteiger partial charge on any atom is -0.466 e. The first kappa shape index (κ1) is 19.8. The molecule has 1 rings (SSSR count). The molecule has 0 bridgehead atoms. The summed E-state index contributed by atoms with van der Waals surface area (Å²) >= 11 is 1.43. The van der Waals surface area contributed by atoms with E-state index in [9.17, 15) is 9.59 Å². The molecular weight excluding hydrogens is 328 g/mol. The van der Waals surface area contributed by atoms with Crippen LogP contribution in [0, 0.1) is 0 Å². The standard InChI is InChI=1S/C18H22O5S/c1-5-13(11-17(19)21-3)23-15-9-7-8-10-16(15)24-14(6-2)12-18(20)22-4/h7-12H,5-6H2,1-4H3/b13-11-,14-12-. The Hall–Kier alpha value is -2.21. The number of allylic oxidation sites excluding steroid dienone is 2. The van der Waals surface area contributed by atoms with E-state index >= 15 is 0 Å². The molecule has 0 aliphatic carbocycles. The molecule has 0 amide bonds. The molecule has 0 spiro atoms. The summed E-state index contributed by atoms with van der Waals surface area (Å²) in [6.45, 7) is 3.85. The fourth-order valence-corrected chi connectivity index (χ4v) is 2.63.